The van der Waals surface area contributed by atoms with Gasteiger partial charge in [0.1, 0.15) is 5.82 Å². The normalized spacial score (nSPS) is 21.1. The second-order valence-corrected chi connectivity index (χ2v) is 7.50. The van der Waals surface area contributed by atoms with Gasteiger partial charge in [0.05, 0.1) is 19.3 Å². The molecule has 0 aliphatic carbocycles. The number of amides is 1. The topological polar surface area (TPSA) is 50.6 Å². The summed E-state index contributed by atoms with van der Waals surface area (Å²) in [5, 5.41) is 0. The largest absolute Gasteiger partial charge is 0.379 e. The van der Waals surface area contributed by atoms with Crippen LogP contribution in [-0.2, 0) is 16.1 Å². The molecule has 0 N–H and O–H groups in total. The Morgan fingerprint density at radius 2 is 1.96 bits per heavy atom. The van der Waals surface area contributed by atoms with Crippen molar-refractivity contribution in [1.82, 2.24) is 19.4 Å². The number of imidazole rings is 1. The Morgan fingerprint density at radius 1 is 1.23 bits per heavy atom. The second-order valence-electron chi connectivity index (χ2n) is 7.50. The molecule has 1 atom stereocenters. The summed E-state index contributed by atoms with van der Waals surface area (Å²) in [5.41, 5.74) is 0. The van der Waals surface area contributed by atoms with E-state index in [0.717, 1.165) is 65.2 Å². The van der Waals surface area contributed by atoms with E-state index in [1.807, 2.05) is 6.20 Å². The lowest BCUT2D eigenvalue weighted by molar-refractivity contribution is -0.140. The van der Waals surface area contributed by atoms with Crippen molar-refractivity contribution in [2.24, 2.45) is 0 Å². The van der Waals surface area contributed by atoms with E-state index in [-0.39, 0.29) is 6.04 Å². The number of likely N-dealkylation sites (tertiary alicyclic amines) is 1. The van der Waals surface area contributed by atoms with Gasteiger partial charge in [-0.05, 0) is 25.7 Å². The number of aromatic nitrogens is 2. The van der Waals surface area contributed by atoms with Crippen molar-refractivity contribution in [3.63, 3.8) is 0 Å². The smallest absolute Gasteiger partial charge is 0.239 e. The predicted octanol–water partition coefficient (Wildman–Crippen LogP) is 2.50. The first-order chi connectivity index (χ1) is 12.7. The molecule has 0 saturated carbocycles. The zero-order chi connectivity index (χ0) is 18.4. The molecule has 0 aromatic carbocycles. The molecule has 2 aliphatic heterocycles. The molecule has 3 heterocycles. The lowest BCUT2D eigenvalue weighted by Crippen LogP contribution is -2.53. The van der Waals surface area contributed by atoms with E-state index in [2.05, 4.69) is 39.4 Å². The van der Waals surface area contributed by atoms with E-state index in [9.17, 15) is 4.79 Å². The Bertz CT molecular complexity index is 560. The minimum atomic E-state index is 0.0157. The summed E-state index contributed by atoms with van der Waals surface area (Å²) >= 11 is 0. The third-order valence-corrected chi connectivity index (χ3v) is 5.83. The van der Waals surface area contributed by atoms with Crippen molar-refractivity contribution < 1.29 is 9.53 Å². The van der Waals surface area contributed by atoms with Gasteiger partial charge in [0.15, 0.2) is 0 Å². The van der Waals surface area contributed by atoms with Crippen molar-refractivity contribution in [1.29, 1.82) is 0 Å². The number of aryl methyl sites for hydroxylation is 1. The molecule has 146 valence electrons. The number of nitrogens with zero attached hydrogens (tertiary/aromatic N) is 4. The van der Waals surface area contributed by atoms with E-state index in [4.69, 9.17) is 4.74 Å². The van der Waals surface area contributed by atoms with Crippen LogP contribution in [0, 0.1) is 0 Å². The molecular weight excluding hydrogens is 328 g/mol. The highest BCUT2D eigenvalue weighted by atomic mass is 16.5. The fourth-order valence-electron chi connectivity index (χ4n) is 4.25. The highest BCUT2D eigenvalue weighted by Crippen LogP contribution is 2.28. The molecule has 0 spiro atoms. The molecule has 3 rings (SSSR count). The Kier molecular flexibility index (Phi) is 7.08. The van der Waals surface area contributed by atoms with E-state index < -0.39 is 0 Å². The van der Waals surface area contributed by atoms with Gasteiger partial charge in [0, 0.05) is 51.0 Å². The summed E-state index contributed by atoms with van der Waals surface area (Å²) in [7, 11) is 0. The van der Waals surface area contributed by atoms with Crippen molar-refractivity contribution in [3.8, 4) is 0 Å². The van der Waals surface area contributed by atoms with Crippen molar-refractivity contribution in [2.75, 3.05) is 39.4 Å². The van der Waals surface area contributed by atoms with E-state index in [0.29, 0.717) is 11.8 Å². The minimum absolute atomic E-state index is 0.0157. The summed E-state index contributed by atoms with van der Waals surface area (Å²) in [6.07, 6.45) is 9.34. The lowest BCUT2D eigenvalue weighted by Gasteiger charge is -2.38. The number of hydrogen-bond acceptors (Lipinski definition) is 4. The molecule has 0 unspecified atom stereocenters. The Labute approximate surface area is 157 Å². The van der Waals surface area contributed by atoms with Crippen LogP contribution in [0.15, 0.2) is 12.4 Å². The van der Waals surface area contributed by atoms with Crippen LogP contribution < -0.4 is 0 Å². The molecule has 1 amide bonds. The molecule has 6 nitrogen and oxygen atoms in total. The van der Waals surface area contributed by atoms with Gasteiger partial charge in [0.25, 0.3) is 0 Å². The summed E-state index contributed by atoms with van der Waals surface area (Å²) < 4.78 is 7.75. The molecule has 1 aromatic rings. The molecule has 2 aliphatic rings. The van der Waals surface area contributed by atoms with Crippen molar-refractivity contribution in [2.45, 2.75) is 64.5 Å². The summed E-state index contributed by atoms with van der Waals surface area (Å²) in [6.45, 7) is 10.3. The van der Waals surface area contributed by atoms with Gasteiger partial charge < -0.3 is 14.2 Å². The zero-order valence-electron chi connectivity index (χ0n) is 16.4. The van der Waals surface area contributed by atoms with Crippen LogP contribution in [-0.4, -0.2) is 70.7 Å². The van der Waals surface area contributed by atoms with E-state index in [1.54, 1.807) is 0 Å². The highest BCUT2D eigenvalue weighted by molar-refractivity contribution is 5.82. The first-order valence-electron chi connectivity index (χ1n) is 10.4. The maximum atomic E-state index is 13.1. The minimum Gasteiger partial charge on any atom is -0.379 e. The Hall–Kier alpha value is -1.40. The fourth-order valence-corrected chi connectivity index (χ4v) is 4.25. The second kappa shape index (κ2) is 9.51. The standard InChI is InChI=1S/C20H34N4O2/c1-3-5-9-23-12-8-21-19(23)17-6-10-24(11-7-17)20(25)18(4-2)22-13-15-26-16-14-22/h8,12,17-18H,3-7,9-11,13-16H2,1-2H3/t18-/m1/s1. The number of unbranched alkanes of at least 4 members (excludes halogenated alkanes) is 1. The predicted molar refractivity (Wildman–Crippen MR) is 102 cm³/mol. The quantitative estimate of drug-likeness (QED) is 0.748. The maximum Gasteiger partial charge on any atom is 0.239 e. The molecule has 0 radical (unpaired) electrons. The molecule has 2 saturated heterocycles. The zero-order valence-corrected chi connectivity index (χ0v) is 16.4. The summed E-state index contributed by atoms with van der Waals surface area (Å²) in [5.74, 6) is 2.00. The van der Waals surface area contributed by atoms with Gasteiger partial charge in [-0.2, -0.15) is 0 Å². The summed E-state index contributed by atoms with van der Waals surface area (Å²) in [4.78, 5) is 22.1. The molecule has 0 bridgehead atoms. The number of ether oxygens (including phenoxy) is 1. The van der Waals surface area contributed by atoms with Gasteiger partial charge in [-0.1, -0.05) is 20.3 Å². The number of piperidine rings is 1. The Morgan fingerprint density at radius 3 is 2.62 bits per heavy atom. The van der Waals surface area contributed by atoms with E-state index >= 15 is 0 Å². The van der Waals surface area contributed by atoms with Crippen molar-refractivity contribution in [3.05, 3.63) is 18.2 Å². The van der Waals surface area contributed by atoms with Gasteiger partial charge in [-0.25, -0.2) is 4.98 Å². The van der Waals surface area contributed by atoms with Crippen LogP contribution in [0.25, 0.3) is 0 Å². The molecule has 2 fully saturated rings. The van der Waals surface area contributed by atoms with Crippen LogP contribution in [0.3, 0.4) is 0 Å². The van der Waals surface area contributed by atoms with Crippen LogP contribution in [0.2, 0.25) is 0 Å². The van der Waals surface area contributed by atoms with Crippen LogP contribution in [0.4, 0.5) is 0 Å². The Balaban J connectivity index is 1.55. The number of morpholine rings is 1. The number of carbonyl (C=O) groups is 1. The molecule has 1 aromatic heterocycles. The molecule has 6 heteroatoms. The van der Waals surface area contributed by atoms with Gasteiger partial charge >= 0.3 is 0 Å². The average molecular weight is 363 g/mol. The number of carbonyl (C=O) groups excluding carboxylic acids is 1. The number of hydrogen-bond donors (Lipinski definition) is 0. The van der Waals surface area contributed by atoms with Gasteiger partial charge in [-0.15, -0.1) is 0 Å². The van der Waals surface area contributed by atoms with Gasteiger partial charge in [-0.3, -0.25) is 9.69 Å². The summed E-state index contributed by atoms with van der Waals surface area (Å²) in [6, 6.07) is 0.0157. The maximum absolute atomic E-state index is 13.1. The third-order valence-electron chi connectivity index (χ3n) is 5.83. The van der Waals surface area contributed by atoms with Crippen LogP contribution in [0.5, 0.6) is 0 Å². The first-order valence-corrected chi connectivity index (χ1v) is 10.4. The van der Waals surface area contributed by atoms with Gasteiger partial charge in [0.2, 0.25) is 5.91 Å². The average Bonchev–Trinajstić information content (AvgIpc) is 3.16. The SMILES string of the molecule is CCCCn1ccnc1C1CCN(C(=O)[C@@H](CC)N2CCOCC2)CC1. The molecular formula is C20H34N4O2. The monoisotopic (exact) mass is 362 g/mol. The molecule has 26 heavy (non-hydrogen) atoms. The number of rotatable bonds is 7. The fraction of sp³-hybridized carbons (Fsp3) is 0.800. The third kappa shape index (κ3) is 4.46. The van der Waals surface area contributed by atoms with Crippen LogP contribution >= 0.6 is 0 Å². The highest BCUT2D eigenvalue weighted by Gasteiger charge is 2.32. The van der Waals surface area contributed by atoms with Crippen molar-refractivity contribution >= 4 is 5.91 Å². The first kappa shape index (κ1) is 19.4. The van der Waals surface area contributed by atoms with E-state index in [1.165, 1.54) is 18.7 Å². The lowest BCUT2D eigenvalue weighted by atomic mass is 9.95. The van der Waals surface area contributed by atoms with Crippen LogP contribution in [0.1, 0.15) is 57.7 Å².